The molecule has 2 rings (SSSR count). The van der Waals surface area contributed by atoms with E-state index < -0.39 is 86.7 Å². The third-order valence-electron chi connectivity index (χ3n) is 15.2. The minimum absolute atomic E-state index is 0.0364. The van der Waals surface area contributed by atoms with Gasteiger partial charge in [0.1, 0.15) is 54.9 Å². The van der Waals surface area contributed by atoms with Gasteiger partial charge in [0.15, 0.2) is 12.6 Å². The zero-order valence-corrected chi connectivity index (χ0v) is 51.2. The SMILES string of the molecule is CC/C=C\C/C=C\C/C=C\C/C=C\C/C=C\C/C=C\C/C=C\CCCC(=O)OC(COCCCCCCCCCCCCCCCCCCCCCCCCCCC)COC1OC(COC2OC(CO)C(O)C(O)C2O)C(O)C(O)C1O. The van der Waals surface area contributed by atoms with Crippen molar-refractivity contribution in [3.8, 4) is 0 Å². The highest BCUT2D eigenvalue weighted by molar-refractivity contribution is 5.69. The first-order valence-electron chi connectivity index (χ1n) is 32.7. The van der Waals surface area contributed by atoms with E-state index in [0.29, 0.717) is 19.4 Å². The molecule has 11 unspecified atom stereocenters. The lowest BCUT2D eigenvalue weighted by atomic mass is 9.98. The van der Waals surface area contributed by atoms with Gasteiger partial charge in [-0.05, 0) is 64.2 Å². The molecule has 0 amide bonds. The maximum Gasteiger partial charge on any atom is 0.306 e. The molecule has 7 N–H and O–H groups in total. The molecule has 0 aromatic rings. The van der Waals surface area contributed by atoms with Crippen molar-refractivity contribution in [2.75, 3.05) is 33.0 Å². The quantitative estimate of drug-likeness (QED) is 0.0172. The molecule has 0 radical (unpaired) electrons. The monoisotopic (exact) mass is 1160 g/mol. The maximum absolute atomic E-state index is 13.1. The Morgan fingerprint density at radius 2 is 0.780 bits per heavy atom. The summed E-state index contributed by atoms with van der Waals surface area (Å²) in [5.41, 5.74) is 0. The van der Waals surface area contributed by atoms with Gasteiger partial charge < -0.3 is 64.2 Å². The fraction of sp³-hybridized carbons (Fsp3) is 0.779. The van der Waals surface area contributed by atoms with Gasteiger partial charge in [0.05, 0.1) is 26.4 Å². The molecule has 0 aromatic heterocycles. The van der Waals surface area contributed by atoms with Crippen LogP contribution in [-0.2, 0) is 33.2 Å². The molecule has 0 bridgehead atoms. The van der Waals surface area contributed by atoms with Crippen LogP contribution in [-0.4, -0.2) is 142 Å². The minimum atomic E-state index is -1.72. The Hall–Kier alpha value is -2.83. The van der Waals surface area contributed by atoms with Gasteiger partial charge in [-0.15, -0.1) is 0 Å². The number of aliphatic hydroxyl groups excluding tert-OH is 7. The van der Waals surface area contributed by atoms with Gasteiger partial charge in [0, 0.05) is 13.0 Å². The first kappa shape index (κ1) is 75.3. The molecular weight excluding hydrogens is 1040 g/mol. The van der Waals surface area contributed by atoms with E-state index in [1.165, 1.54) is 141 Å². The van der Waals surface area contributed by atoms with Crippen LogP contribution in [0.25, 0.3) is 0 Å². The van der Waals surface area contributed by atoms with Crippen LogP contribution in [0.1, 0.15) is 239 Å². The summed E-state index contributed by atoms with van der Waals surface area (Å²) in [5.74, 6) is -0.432. The number of aliphatic hydroxyl groups is 7. The Morgan fingerprint density at radius 3 is 1.20 bits per heavy atom. The summed E-state index contributed by atoms with van der Waals surface area (Å²) in [6, 6.07) is 0. The van der Waals surface area contributed by atoms with Crippen molar-refractivity contribution in [2.45, 2.75) is 306 Å². The van der Waals surface area contributed by atoms with Gasteiger partial charge in [-0.2, -0.15) is 0 Å². The van der Waals surface area contributed by atoms with Gasteiger partial charge in [-0.3, -0.25) is 4.79 Å². The van der Waals surface area contributed by atoms with E-state index in [-0.39, 0.29) is 19.6 Å². The number of allylic oxidation sites excluding steroid dienone is 14. The number of esters is 1. The van der Waals surface area contributed by atoms with E-state index >= 15 is 0 Å². The van der Waals surface area contributed by atoms with Crippen molar-refractivity contribution in [2.24, 2.45) is 0 Å². The fourth-order valence-electron chi connectivity index (χ4n) is 9.98. The smallest absolute Gasteiger partial charge is 0.306 e. The summed E-state index contributed by atoms with van der Waals surface area (Å²) in [4.78, 5) is 13.1. The highest BCUT2D eigenvalue weighted by Gasteiger charge is 2.47. The number of unbranched alkanes of at least 4 members (excludes halogenated alkanes) is 25. The number of carbonyl (C=O) groups excluding carboxylic acids is 1. The highest BCUT2D eigenvalue weighted by Crippen LogP contribution is 2.27. The number of hydrogen-bond acceptors (Lipinski definition) is 14. The third-order valence-corrected chi connectivity index (χ3v) is 15.2. The van der Waals surface area contributed by atoms with Gasteiger partial charge in [0.25, 0.3) is 0 Å². The summed E-state index contributed by atoms with van der Waals surface area (Å²) in [5, 5.41) is 72.5. The lowest BCUT2D eigenvalue weighted by molar-refractivity contribution is -0.332. The molecule has 14 nitrogen and oxygen atoms in total. The van der Waals surface area contributed by atoms with Crippen molar-refractivity contribution in [3.63, 3.8) is 0 Å². The second-order valence-corrected chi connectivity index (χ2v) is 22.6. The Morgan fingerprint density at radius 1 is 0.415 bits per heavy atom. The second-order valence-electron chi connectivity index (χ2n) is 22.6. The van der Waals surface area contributed by atoms with E-state index in [1.54, 1.807) is 0 Å². The first-order valence-corrected chi connectivity index (χ1v) is 32.7. The highest BCUT2D eigenvalue weighted by atomic mass is 16.7. The number of ether oxygens (including phenoxy) is 6. The molecule has 2 saturated heterocycles. The van der Waals surface area contributed by atoms with E-state index in [1.807, 2.05) is 0 Å². The lowest BCUT2D eigenvalue weighted by Crippen LogP contribution is -2.61. The molecule has 11 atom stereocenters. The Kier molecular flexibility index (Phi) is 49.2. The zero-order chi connectivity index (χ0) is 59.4. The number of hydrogen-bond donors (Lipinski definition) is 7. The Labute approximate surface area is 497 Å². The molecule has 2 fully saturated rings. The minimum Gasteiger partial charge on any atom is -0.457 e. The predicted molar refractivity (Wildman–Crippen MR) is 330 cm³/mol. The zero-order valence-electron chi connectivity index (χ0n) is 51.2. The maximum atomic E-state index is 13.1. The van der Waals surface area contributed by atoms with Crippen molar-refractivity contribution in [1.82, 2.24) is 0 Å². The predicted octanol–water partition coefficient (Wildman–Crippen LogP) is 13.1. The van der Waals surface area contributed by atoms with Gasteiger partial charge in [-0.1, -0.05) is 253 Å². The third kappa shape index (κ3) is 39.0. The fourth-order valence-corrected chi connectivity index (χ4v) is 9.98. The van der Waals surface area contributed by atoms with Crippen molar-refractivity contribution < 1.29 is 69.0 Å². The topological polar surface area (TPSA) is 214 Å². The summed E-state index contributed by atoms with van der Waals surface area (Å²) in [6.07, 6.45) is 55.2. The van der Waals surface area contributed by atoms with Crippen LogP contribution in [0.4, 0.5) is 0 Å². The van der Waals surface area contributed by atoms with Crippen LogP contribution in [0.15, 0.2) is 85.1 Å². The van der Waals surface area contributed by atoms with Gasteiger partial charge in [-0.25, -0.2) is 0 Å². The largest absolute Gasteiger partial charge is 0.457 e. The molecule has 0 aromatic carbocycles. The van der Waals surface area contributed by atoms with E-state index in [0.717, 1.165) is 64.2 Å². The molecule has 0 aliphatic carbocycles. The number of carbonyl (C=O) groups is 1. The van der Waals surface area contributed by atoms with E-state index in [4.69, 9.17) is 28.4 Å². The Balaban J connectivity index is 1.69. The van der Waals surface area contributed by atoms with Crippen molar-refractivity contribution in [1.29, 1.82) is 0 Å². The molecular formula is C68H118O14. The number of rotatable bonds is 53. The molecule has 2 aliphatic heterocycles. The van der Waals surface area contributed by atoms with Crippen LogP contribution in [0.2, 0.25) is 0 Å². The molecule has 2 heterocycles. The first-order chi connectivity index (χ1) is 40.1. The summed E-state index contributed by atoms with van der Waals surface area (Å²) in [6.45, 7) is 3.53. The molecule has 2 aliphatic rings. The lowest BCUT2D eigenvalue weighted by Gasteiger charge is -2.42. The van der Waals surface area contributed by atoms with Crippen LogP contribution < -0.4 is 0 Å². The molecule has 0 spiro atoms. The average Bonchev–Trinajstić information content (AvgIpc) is 3.48. The summed E-state index contributed by atoms with van der Waals surface area (Å²) < 4.78 is 34.4. The van der Waals surface area contributed by atoms with Crippen LogP contribution in [0, 0.1) is 0 Å². The Bertz CT molecular complexity index is 1680. The van der Waals surface area contributed by atoms with Crippen molar-refractivity contribution in [3.05, 3.63) is 85.1 Å². The van der Waals surface area contributed by atoms with Crippen molar-refractivity contribution >= 4 is 5.97 Å². The summed E-state index contributed by atoms with van der Waals surface area (Å²) >= 11 is 0. The average molecular weight is 1160 g/mol. The van der Waals surface area contributed by atoms with Crippen LogP contribution in [0.5, 0.6) is 0 Å². The molecule has 14 heteroatoms. The standard InChI is InChI=1S/C68H118O14/c1-3-5-7-9-11-13-15-17-19-21-23-25-27-28-30-32-34-36-38-40-42-44-46-48-50-52-77-54-57(55-78-67-66(76)64(74)62(72)59(82-67)56-79-68-65(75)63(73)61(71)58(53-69)81-68)80-60(70)51-49-47-45-43-41-39-37-35-33-31-29-26-24-22-20-18-16-14-12-10-8-6-4-2/h6,8,12,14,18,20,24,26,31,33,37,39,43,45,57-59,61-69,71-76H,3-5,7,9-11,13,15-17,19,21-23,25,27-30,32,34-36,38,40-42,44,46-56H2,1-2H3/b8-6-,14-12-,20-18-,26-24-,33-31-,39-37-,45-43-. The van der Waals surface area contributed by atoms with E-state index in [9.17, 15) is 40.5 Å². The normalized spacial score (nSPS) is 24.1. The molecule has 82 heavy (non-hydrogen) atoms. The van der Waals surface area contributed by atoms with Gasteiger partial charge in [0.2, 0.25) is 0 Å². The van der Waals surface area contributed by atoms with Crippen LogP contribution in [0.3, 0.4) is 0 Å². The second kappa shape index (κ2) is 53.6. The molecule has 0 saturated carbocycles. The summed E-state index contributed by atoms with van der Waals surface area (Å²) in [7, 11) is 0. The van der Waals surface area contributed by atoms with Gasteiger partial charge >= 0.3 is 5.97 Å². The molecule has 474 valence electrons. The van der Waals surface area contributed by atoms with Crippen LogP contribution >= 0.6 is 0 Å². The van der Waals surface area contributed by atoms with E-state index in [2.05, 4.69) is 98.9 Å².